The molecule has 0 aliphatic rings. The van der Waals surface area contributed by atoms with Crippen molar-refractivity contribution in [2.24, 2.45) is 0 Å². The van der Waals surface area contributed by atoms with Gasteiger partial charge in [0.15, 0.2) is 0 Å². The van der Waals surface area contributed by atoms with E-state index in [2.05, 4.69) is 0 Å². The summed E-state index contributed by atoms with van der Waals surface area (Å²) in [7, 11) is 0. The van der Waals surface area contributed by atoms with Crippen molar-refractivity contribution in [1.82, 2.24) is 0 Å². The van der Waals surface area contributed by atoms with Crippen LogP contribution >= 0.6 is 23.2 Å². The highest BCUT2D eigenvalue weighted by Crippen LogP contribution is 2.19. The summed E-state index contributed by atoms with van der Waals surface area (Å²) < 4.78 is 0. The summed E-state index contributed by atoms with van der Waals surface area (Å²) in [5.74, 6) is 0. The van der Waals surface area contributed by atoms with Crippen LogP contribution in [0.2, 0.25) is 0 Å². The van der Waals surface area contributed by atoms with Crippen molar-refractivity contribution in [3.05, 3.63) is 35.4 Å². The largest absolute Gasteiger partial charge is 0.276 e. The molecular weight excluding hydrogens is 195 g/mol. The van der Waals surface area contributed by atoms with E-state index < -0.39 is 5.24 Å². The SMILES string of the molecule is CC(Cl)c1ccc(C(=O)Cl)cc1. The molecule has 12 heavy (non-hydrogen) atoms. The Labute approximate surface area is 81.3 Å². The molecule has 0 heterocycles. The molecule has 0 radical (unpaired) electrons. The van der Waals surface area contributed by atoms with E-state index >= 15 is 0 Å². The first-order valence-corrected chi connectivity index (χ1v) is 4.36. The molecule has 1 unspecified atom stereocenters. The molecule has 1 aromatic carbocycles. The number of hydrogen-bond donors (Lipinski definition) is 0. The summed E-state index contributed by atoms with van der Waals surface area (Å²) in [6.45, 7) is 1.87. The number of carbonyl (C=O) groups excluding carboxylic acids is 1. The standard InChI is InChI=1S/C9H8Cl2O/c1-6(10)7-2-4-8(5-3-7)9(11)12/h2-6H,1H3. The van der Waals surface area contributed by atoms with Crippen LogP contribution in [0, 0.1) is 0 Å². The van der Waals surface area contributed by atoms with E-state index in [1.807, 2.05) is 6.92 Å². The number of carbonyl (C=O) groups is 1. The van der Waals surface area contributed by atoms with Gasteiger partial charge in [-0.1, -0.05) is 12.1 Å². The van der Waals surface area contributed by atoms with E-state index in [9.17, 15) is 4.79 Å². The van der Waals surface area contributed by atoms with Crippen LogP contribution in [0.25, 0.3) is 0 Å². The minimum Gasteiger partial charge on any atom is -0.276 e. The van der Waals surface area contributed by atoms with Gasteiger partial charge < -0.3 is 0 Å². The van der Waals surface area contributed by atoms with Crippen LogP contribution in [0.3, 0.4) is 0 Å². The van der Waals surface area contributed by atoms with E-state index in [0.717, 1.165) is 5.56 Å². The van der Waals surface area contributed by atoms with Gasteiger partial charge in [-0.15, -0.1) is 11.6 Å². The number of rotatable bonds is 2. The minimum absolute atomic E-state index is 0.0375. The van der Waals surface area contributed by atoms with E-state index in [4.69, 9.17) is 23.2 Å². The van der Waals surface area contributed by atoms with Gasteiger partial charge in [0.25, 0.3) is 5.24 Å². The molecule has 1 rings (SSSR count). The van der Waals surface area contributed by atoms with Gasteiger partial charge in [0.05, 0.1) is 5.38 Å². The lowest BCUT2D eigenvalue weighted by atomic mass is 10.1. The summed E-state index contributed by atoms with van der Waals surface area (Å²) in [4.78, 5) is 10.7. The molecule has 0 bridgehead atoms. The molecule has 1 atom stereocenters. The van der Waals surface area contributed by atoms with Crippen LogP contribution in [-0.4, -0.2) is 5.24 Å². The van der Waals surface area contributed by atoms with Gasteiger partial charge >= 0.3 is 0 Å². The predicted octanol–water partition coefficient (Wildman–Crippen LogP) is 3.37. The maximum Gasteiger partial charge on any atom is 0.252 e. The van der Waals surface area contributed by atoms with E-state index in [1.165, 1.54) is 0 Å². The molecule has 3 heteroatoms. The number of benzene rings is 1. The lowest BCUT2D eigenvalue weighted by Gasteiger charge is -2.02. The third-order valence-electron chi connectivity index (χ3n) is 1.60. The highest BCUT2D eigenvalue weighted by atomic mass is 35.5. The van der Waals surface area contributed by atoms with Gasteiger partial charge in [0.2, 0.25) is 0 Å². The summed E-state index contributed by atoms with van der Waals surface area (Å²) in [5, 5.41) is -0.478. The second-order valence-electron chi connectivity index (χ2n) is 2.51. The Morgan fingerprint density at radius 1 is 1.33 bits per heavy atom. The molecule has 1 aromatic rings. The zero-order chi connectivity index (χ0) is 9.14. The Balaban J connectivity index is 2.93. The van der Waals surface area contributed by atoms with E-state index in [-0.39, 0.29) is 5.38 Å². The highest BCUT2D eigenvalue weighted by Gasteiger charge is 2.03. The first-order valence-electron chi connectivity index (χ1n) is 3.55. The van der Waals surface area contributed by atoms with Crippen LogP contribution in [-0.2, 0) is 0 Å². The normalized spacial score (nSPS) is 12.6. The van der Waals surface area contributed by atoms with Crippen molar-refractivity contribution in [2.45, 2.75) is 12.3 Å². The summed E-state index contributed by atoms with van der Waals surface area (Å²) in [6.07, 6.45) is 0. The topological polar surface area (TPSA) is 17.1 Å². The number of halogens is 2. The molecule has 0 N–H and O–H groups in total. The Morgan fingerprint density at radius 3 is 2.17 bits per heavy atom. The van der Waals surface area contributed by atoms with Crippen molar-refractivity contribution < 1.29 is 4.79 Å². The van der Waals surface area contributed by atoms with E-state index in [0.29, 0.717) is 5.56 Å². The Bertz CT molecular complexity index is 277. The first kappa shape index (κ1) is 9.56. The molecule has 0 aliphatic carbocycles. The Morgan fingerprint density at radius 2 is 1.83 bits per heavy atom. The van der Waals surface area contributed by atoms with Crippen LogP contribution < -0.4 is 0 Å². The van der Waals surface area contributed by atoms with Crippen LogP contribution in [0.1, 0.15) is 28.2 Å². The quantitative estimate of drug-likeness (QED) is 0.532. The monoisotopic (exact) mass is 202 g/mol. The molecule has 0 fully saturated rings. The van der Waals surface area contributed by atoms with Gasteiger partial charge in [-0.05, 0) is 36.2 Å². The van der Waals surface area contributed by atoms with Crippen LogP contribution in [0.15, 0.2) is 24.3 Å². The van der Waals surface area contributed by atoms with Gasteiger partial charge in [-0.2, -0.15) is 0 Å². The third kappa shape index (κ3) is 2.23. The smallest absolute Gasteiger partial charge is 0.252 e. The first-order chi connectivity index (χ1) is 5.61. The van der Waals surface area contributed by atoms with Crippen molar-refractivity contribution in [3.63, 3.8) is 0 Å². The fourth-order valence-electron chi connectivity index (χ4n) is 0.879. The minimum atomic E-state index is -0.441. The lowest BCUT2D eigenvalue weighted by molar-refractivity contribution is 0.108. The zero-order valence-corrected chi connectivity index (χ0v) is 8.06. The van der Waals surface area contributed by atoms with Crippen LogP contribution in [0.4, 0.5) is 0 Å². The molecule has 64 valence electrons. The van der Waals surface area contributed by atoms with Crippen molar-refractivity contribution >= 4 is 28.4 Å². The van der Waals surface area contributed by atoms with Gasteiger partial charge in [0, 0.05) is 5.56 Å². The molecule has 0 saturated carbocycles. The molecule has 0 saturated heterocycles. The van der Waals surface area contributed by atoms with Crippen molar-refractivity contribution in [3.8, 4) is 0 Å². The maximum absolute atomic E-state index is 10.7. The fourth-order valence-corrected chi connectivity index (χ4v) is 1.15. The Hall–Kier alpha value is -0.530. The van der Waals surface area contributed by atoms with Gasteiger partial charge in [-0.3, -0.25) is 4.79 Å². The zero-order valence-electron chi connectivity index (χ0n) is 6.55. The Kier molecular flexibility index (Phi) is 3.12. The molecule has 0 spiro atoms. The summed E-state index contributed by atoms with van der Waals surface area (Å²) >= 11 is 11.1. The molecule has 0 amide bonds. The maximum atomic E-state index is 10.7. The van der Waals surface area contributed by atoms with Gasteiger partial charge in [-0.25, -0.2) is 0 Å². The second-order valence-corrected chi connectivity index (χ2v) is 3.51. The number of hydrogen-bond acceptors (Lipinski definition) is 1. The third-order valence-corrected chi connectivity index (χ3v) is 2.07. The molecular formula is C9H8Cl2O. The summed E-state index contributed by atoms with van der Waals surface area (Å²) in [6, 6.07) is 6.94. The van der Waals surface area contributed by atoms with Crippen molar-refractivity contribution in [2.75, 3.05) is 0 Å². The second kappa shape index (κ2) is 3.92. The average molecular weight is 203 g/mol. The van der Waals surface area contributed by atoms with Gasteiger partial charge in [0.1, 0.15) is 0 Å². The average Bonchev–Trinajstić information content (AvgIpc) is 2.04. The predicted molar refractivity (Wildman–Crippen MR) is 50.9 cm³/mol. The molecule has 0 aromatic heterocycles. The van der Waals surface area contributed by atoms with E-state index in [1.54, 1.807) is 24.3 Å². The molecule has 1 nitrogen and oxygen atoms in total. The van der Waals surface area contributed by atoms with Crippen LogP contribution in [0.5, 0.6) is 0 Å². The van der Waals surface area contributed by atoms with Crippen molar-refractivity contribution in [1.29, 1.82) is 0 Å². The number of alkyl halides is 1. The lowest BCUT2D eigenvalue weighted by Crippen LogP contribution is -1.90. The molecule has 0 aliphatic heterocycles. The fraction of sp³-hybridized carbons (Fsp3) is 0.222. The highest BCUT2D eigenvalue weighted by molar-refractivity contribution is 6.67. The summed E-state index contributed by atoms with van der Waals surface area (Å²) in [5.41, 5.74) is 1.48.